The van der Waals surface area contributed by atoms with E-state index in [0.717, 1.165) is 10.2 Å². The van der Waals surface area contributed by atoms with Crippen LogP contribution in [0.4, 0.5) is 4.79 Å². The van der Waals surface area contributed by atoms with Crippen LogP contribution in [0, 0.1) is 6.92 Å². The van der Waals surface area contributed by atoms with E-state index in [0.29, 0.717) is 13.1 Å². The molecule has 1 aromatic heterocycles. The number of aryl methyl sites for hydroxylation is 1. The fourth-order valence-corrected chi connectivity index (χ4v) is 1.51. The summed E-state index contributed by atoms with van der Waals surface area (Å²) in [5.74, 6) is 0. The molecule has 0 atom stereocenters. The summed E-state index contributed by atoms with van der Waals surface area (Å²) in [5, 5.41) is 6.94. The van der Waals surface area contributed by atoms with Crippen LogP contribution in [-0.4, -0.2) is 28.0 Å². The molecular weight excluding hydrogens is 286 g/mol. The highest BCUT2D eigenvalue weighted by Gasteiger charge is 2.15. The first-order chi connectivity index (χ1) is 7.78. The first-order valence-corrected chi connectivity index (χ1v) is 6.23. The summed E-state index contributed by atoms with van der Waals surface area (Å²) >= 11 is 3.38. The van der Waals surface area contributed by atoms with Crippen molar-refractivity contribution >= 4 is 22.0 Å². The van der Waals surface area contributed by atoms with Gasteiger partial charge < -0.3 is 10.1 Å². The maximum Gasteiger partial charge on any atom is 0.407 e. The van der Waals surface area contributed by atoms with Crippen molar-refractivity contribution in [3.8, 4) is 0 Å². The maximum atomic E-state index is 11.3. The Balaban J connectivity index is 2.31. The highest BCUT2D eigenvalue weighted by molar-refractivity contribution is 9.10. The molecule has 1 heterocycles. The van der Waals surface area contributed by atoms with Gasteiger partial charge in [-0.2, -0.15) is 5.10 Å². The molecule has 0 radical (unpaired) electrons. The van der Waals surface area contributed by atoms with E-state index in [1.54, 1.807) is 4.68 Å². The second-order valence-corrected chi connectivity index (χ2v) is 5.61. The fraction of sp³-hybridized carbons (Fsp3) is 0.636. The summed E-state index contributed by atoms with van der Waals surface area (Å²) in [6, 6.07) is 0. The fourth-order valence-electron chi connectivity index (χ4n) is 1.19. The van der Waals surface area contributed by atoms with Crippen molar-refractivity contribution < 1.29 is 9.53 Å². The van der Waals surface area contributed by atoms with E-state index < -0.39 is 11.7 Å². The number of ether oxygens (including phenoxy) is 1. The molecule has 6 heteroatoms. The summed E-state index contributed by atoms with van der Waals surface area (Å²) in [7, 11) is 0. The monoisotopic (exact) mass is 303 g/mol. The molecule has 1 amide bonds. The molecule has 1 N–H and O–H groups in total. The molecule has 0 saturated carbocycles. The van der Waals surface area contributed by atoms with Crippen LogP contribution in [-0.2, 0) is 11.3 Å². The molecule has 0 saturated heterocycles. The Hall–Kier alpha value is -1.04. The third-order valence-corrected chi connectivity index (χ3v) is 2.67. The number of amides is 1. The molecule has 1 aromatic rings. The lowest BCUT2D eigenvalue weighted by molar-refractivity contribution is 0.0525. The van der Waals surface area contributed by atoms with Gasteiger partial charge in [0.15, 0.2) is 0 Å². The van der Waals surface area contributed by atoms with Gasteiger partial charge in [0.05, 0.1) is 16.7 Å². The topological polar surface area (TPSA) is 56.2 Å². The van der Waals surface area contributed by atoms with E-state index in [-0.39, 0.29) is 0 Å². The number of alkyl carbamates (subject to hydrolysis) is 1. The van der Waals surface area contributed by atoms with E-state index in [9.17, 15) is 4.79 Å². The zero-order chi connectivity index (χ0) is 13.1. The summed E-state index contributed by atoms with van der Waals surface area (Å²) < 4.78 is 7.86. The molecule has 1 rings (SSSR count). The van der Waals surface area contributed by atoms with Crippen LogP contribution in [0.1, 0.15) is 26.5 Å². The molecular formula is C11H18BrN3O2. The molecule has 0 aliphatic rings. The number of hydrogen-bond acceptors (Lipinski definition) is 3. The van der Waals surface area contributed by atoms with Crippen molar-refractivity contribution in [3.63, 3.8) is 0 Å². The Kier molecular flexibility index (Phi) is 4.56. The van der Waals surface area contributed by atoms with Crippen molar-refractivity contribution in [3.05, 3.63) is 16.4 Å². The van der Waals surface area contributed by atoms with Crippen molar-refractivity contribution in [1.82, 2.24) is 15.1 Å². The van der Waals surface area contributed by atoms with Crippen molar-refractivity contribution in [2.45, 2.75) is 39.8 Å². The molecule has 0 aliphatic heterocycles. The number of rotatable bonds is 3. The summed E-state index contributed by atoms with van der Waals surface area (Å²) in [6.45, 7) is 8.53. The van der Waals surface area contributed by atoms with Gasteiger partial charge in [-0.25, -0.2) is 4.79 Å². The number of hydrogen-bond donors (Lipinski definition) is 1. The highest BCUT2D eigenvalue weighted by atomic mass is 79.9. The van der Waals surface area contributed by atoms with Gasteiger partial charge >= 0.3 is 6.09 Å². The predicted molar refractivity (Wildman–Crippen MR) is 68.9 cm³/mol. The minimum atomic E-state index is -0.463. The van der Waals surface area contributed by atoms with E-state index in [1.807, 2.05) is 33.9 Å². The summed E-state index contributed by atoms with van der Waals surface area (Å²) in [5.41, 5.74) is 0.470. The van der Waals surface area contributed by atoms with Crippen molar-refractivity contribution in [1.29, 1.82) is 0 Å². The number of carbonyl (C=O) groups is 1. The van der Waals surface area contributed by atoms with Crippen LogP contribution in [0.2, 0.25) is 0 Å². The molecule has 0 unspecified atom stereocenters. The Bertz CT molecular complexity index is 376. The minimum absolute atomic E-state index is 0.402. The van der Waals surface area contributed by atoms with Crippen LogP contribution >= 0.6 is 15.9 Å². The SMILES string of the molecule is Cc1nn(CCNC(=O)OC(C)(C)C)cc1Br. The molecule has 0 bridgehead atoms. The van der Waals surface area contributed by atoms with Crippen molar-refractivity contribution in [2.24, 2.45) is 0 Å². The normalized spacial score (nSPS) is 11.4. The smallest absolute Gasteiger partial charge is 0.407 e. The number of halogens is 1. The Morgan fingerprint density at radius 2 is 2.24 bits per heavy atom. The third-order valence-electron chi connectivity index (χ3n) is 1.90. The van der Waals surface area contributed by atoms with Crippen molar-refractivity contribution in [2.75, 3.05) is 6.54 Å². The molecule has 0 fully saturated rings. The highest BCUT2D eigenvalue weighted by Crippen LogP contribution is 2.12. The standard InChI is InChI=1S/C11H18BrN3O2/c1-8-9(12)7-15(14-8)6-5-13-10(16)17-11(2,3)4/h7H,5-6H2,1-4H3,(H,13,16). The number of aromatic nitrogens is 2. The first-order valence-electron chi connectivity index (χ1n) is 5.44. The van der Waals surface area contributed by atoms with Gasteiger partial charge in [0.2, 0.25) is 0 Å². The molecule has 0 spiro atoms. The summed E-state index contributed by atoms with van der Waals surface area (Å²) in [4.78, 5) is 11.3. The van der Waals surface area contributed by atoms with E-state index in [2.05, 4.69) is 26.3 Å². The van der Waals surface area contributed by atoms with Gasteiger partial charge in [-0.05, 0) is 43.6 Å². The lowest BCUT2D eigenvalue weighted by atomic mass is 10.2. The number of nitrogens with zero attached hydrogens (tertiary/aromatic N) is 2. The molecule has 0 aliphatic carbocycles. The van der Waals surface area contributed by atoms with Gasteiger partial charge in [0.25, 0.3) is 0 Å². The molecule has 96 valence electrons. The maximum absolute atomic E-state index is 11.3. The lowest BCUT2D eigenvalue weighted by Gasteiger charge is -2.19. The lowest BCUT2D eigenvalue weighted by Crippen LogP contribution is -2.34. The quantitative estimate of drug-likeness (QED) is 0.933. The Morgan fingerprint density at radius 3 is 2.71 bits per heavy atom. The van der Waals surface area contributed by atoms with Gasteiger partial charge in [-0.15, -0.1) is 0 Å². The average Bonchev–Trinajstić information content (AvgIpc) is 2.43. The largest absolute Gasteiger partial charge is 0.444 e. The zero-order valence-corrected chi connectivity index (χ0v) is 12.2. The van der Waals surface area contributed by atoms with Gasteiger partial charge in [-0.1, -0.05) is 0 Å². The van der Waals surface area contributed by atoms with Crippen LogP contribution in [0.3, 0.4) is 0 Å². The van der Waals surface area contributed by atoms with Crippen LogP contribution in [0.5, 0.6) is 0 Å². The number of nitrogens with one attached hydrogen (secondary N) is 1. The zero-order valence-electron chi connectivity index (χ0n) is 10.6. The van der Waals surface area contributed by atoms with Gasteiger partial charge in [0, 0.05) is 12.7 Å². The van der Waals surface area contributed by atoms with Crippen LogP contribution < -0.4 is 5.32 Å². The molecule has 17 heavy (non-hydrogen) atoms. The van der Waals surface area contributed by atoms with E-state index in [1.165, 1.54) is 0 Å². The molecule has 5 nitrogen and oxygen atoms in total. The molecule has 0 aromatic carbocycles. The second kappa shape index (κ2) is 5.53. The number of carbonyl (C=O) groups excluding carboxylic acids is 1. The van der Waals surface area contributed by atoms with Gasteiger partial charge in [0.1, 0.15) is 5.60 Å². The Labute approximate surface area is 110 Å². The second-order valence-electron chi connectivity index (χ2n) is 4.75. The minimum Gasteiger partial charge on any atom is -0.444 e. The van der Waals surface area contributed by atoms with Gasteiger partial charge in [-0.3, -0.25) is 4.68 Å². The summed E-state index contributed by atoms with van der Waals surface area (Å²) in [6.07, 6.45) is 1.48. The average molecular weight is 304 g/mol. The van der Waals surface area contributed by atoms with E-state index >= 15 is 0 Å². The Morgan fingerprint density at radius 1 is 1.59 bits per heavy atom. The predicted octanol–water partition coefficient (Wildman–Crippen LogP) is 2.48. The van der Waals surface area contributed by atoms with Crippen LogP contribution in [0.25, 0.3) is 0 Å². The first kappa shape index (κ1) is 14.0. The van der Waals surface area contributed by atoms with E-state index in [4.69, 9.17) is 4.74 Å². The van der Waals surface area contributed by atoms with Crippen LogP contribution in [0.15, 0.2) is 10.7 Å². The third kappa shape index (κ3) is 5.21.